The number of pyridine rings is 1. The third kappa shape index (κ3) is 3.99. The Labute approximate surface area is 158 Å². The number of para-hydroxylation sites is 1. The largest absolute Gasteiger partial charge is 0.489 e. The number of hydrogen-bond acceptors (Lipinski definition) is 4. The lowest BCUT2D eigenvalue weighted by Gasteiger charge is -2.33. The highest BCUT2D eigenvalue weighted by atomic mass is 35.5. The van der Waals surface area contributed by atoms with E-state index in [1.807, 2.05) is 47.6 Å². The molecule has 3 aromatic rings. The molecule has 0 N–H and O–H groups in total. The van der Waals surface area contributed by atoms with Crippen LogP contribution in [0.2, 0.25) is 5.02 Å². The zero-order chi connectivity index (χ0) is 17.8. The van der Waals surface area contributed by atoms with Crippen molar-refractivity contribution in [2.75, 3.05) is 18.0 Å². The molecule has 26 heavy (non-hydrogen) atoms. The van der Waals surface area contributed by atoms with E-state index in [-0.39, 0.29) is 6.10 Å². The van der Waals surface area contributed by atoms with Crippen molar-refractivity contribution >= 4 is 17.4 Å². The predicted molar refractivity (Wildman–Crippen MR) is 103 cm³/mol. The number of nitrogens with zero attached hydrogens (tertiary/aromatic N) is 4. The van der Waals surface area contributed by atoms with Crippen molar-refractivity contribution in [1.29, 1.82) is 0 Å². The molecule has 6 heteroatoms. The molecule has 0 amide bonds. The lowest BCUT2D eigenvalue weighted by Crippen LogP contribution is -2.38. The summed E-state index contributed by atoms with van der Waals surface area (Å²) in [5, 5.41) is 0.671. The number of hydrogen-bond donors (Lipinski definition) is 0. The number of halogens is 1. The molecule has 1 aliphatic heterocycles. The number of imidazole rings is 1. The van der Waals surface area contributed by atoms with Crippen LogP contribution in [0.4, 0.5) is 5.82 Å². The number of piperidine rings is 1. The van der Waals surface area contributed by atoms with Gasteiger partial charge >= 0.3 is 0 Å². The first-order valence-corrected chi connectivity index (χ1v) is 9.22. The molecular weight excluding hydrogens is 348 g/mol. The average molecular weight is 369 g/mol. The highest BCUT2D eigenvalue weighted by Crippen LogP contribution is 2.27. The second-order valence-electron chi connectivity index (χ2n) is 6.49. The highest BCUT2D eigenvalue weighted by Gasteiger charge is 2.22. The first-order chi connectivity index (χ1) is 12.8. The molecule has 1 fully saturated rings. The number of anilines is 1. The smallest absolute Gasteiger partial charge is 0.138 e. The number of benzene rings is 1. The van der Waals surface area contributed by atoms with Gasteiger partial charge in [0.15, 0.2) is 0 Å². The van der Waals surface area contributed by atoms with Crippen molar-refractivity contribution in [3.63, 3.8) is 0 Å². The van der Waals surface area contributed by atoms with E-state index < -0.39 is 0 Å². The van der Waals surface area contributed by atoms with Gasteiger partial charge in [0.25, 0.3) is 0 Å². The molecule has 0 spiro atoms. The summed E-state index contributed by atoms with van der Waals surface area (Å²) in [6, 6.07) is 11.9. The minimum atomic E-state index is 0.201. The Hall–Kier alpha value is -2.53. The Bertz CT molecular complexity index is 827. The Kier molecular flexibility index (Phi) is 5.07. The zero-order valence-corrected chi connectivity index (χ0v) is 15.2. The second kappa shape index (κ2) is 7.79. The summed E-state index contributed by atoms with van der Waals surface area (Å²) in [5.74, 6) is 1.80. The van der Waals surface area contributed by atoms with Crippen molar-refractivity contribution in [2.24, 2.45) is 0 Å². The SMILES string of the molecule is Clc1ccccc1OC1CCN(c2ccc(Cn3ccnc3)cn2)CC1. The molecule has 3 heterocycles. The Morgan fingerprint density at radius 1 is 1.12 bits per heavy atom. The molecule has 0 aliphatic carbocycles. The highest BCUT2D eigenvalue weighted by molar-refractivity contribution is 6.32. The van der Waals surface area contributed by atoms with Gasteiger partial charge in [-0.1, -0.05) is 29.8 Å². The molecule has 134 valence electrons. The number of ether oxygens (including phenoxy) is 1. The standard InChI is InChI=1S/C20H21ClN4O/c21-18-3-1-2-4-19(18)26-17-7-10-25(11-8-17)20-6-5-16(13-23-20)14-24-12-9-22-15-24/h1-6,9,12-13,15,17H,7-8,10-11,14H2. The summed E-state index contributed by atoms with van der Waals surface area (Å²) in [6.07, 6.45) is 9.63. The first-order valence-electron chi connectivity index (χ1n) is 8.85. The van der Waals surface area contributed by atoms with Crippen LogP contribution in [0.25, 0.3) is 0 Å². The van der Waals surface area contributed by atoms with Crippen LogP contribution in [-0.4, -0.2) is 33.7 Å². The average Bonchev–Trinajstić information content (AvgIpc) is 3.18. The Morgan fingerprint density at radius 2 is 1.96 bits per heavy atom. The fraction of sp³-hybridized carbons (Fsp3) is 0.300. The van der Waals surface area contributed by atoms with E-state index in [2.05, 4.69) is 27.0 Å². The van der Waals surface area contributed by atoms with Gasteiger partial charge in [-0.15, -0.1) is 0 Å². The molecule has 5 nitrogen and oxygen atoms in total. The van der Waals surface area contributed by atoms with Crippen LogP contribution >= 0.6 is 11.6 Å². The van der Waals surface area contributed by atoms with E-state index in [1.165, 1.54) is 5.56 Å². The maximum Gasteiger partial charge on any atom is 0.138 e. The maximum atomic E-state index is 6.18. The van der Waals surface area contributed by atoms with Crippen molar-refractivity contribution < 1.29 is 4.74 Å². The molecule has 0 atom stereocenters. The second-order valence-corrected chi connectivity index (χ2v) is 6.90. The van der Waals surface area contributed by atoms with Crippen molar-refractivity contribution in [2.45, 2.75) is 25.5 Å². The molecule has 1 saturated heterocycles. The molecule has 0 radical (unpaired) electrons. The summed E-state index contributed by atoms with van der Waals surface area (Å²) in [7, 11) is 0. The van der Waals surface area contributed by atoms with E-state index in [4.69, 9.17) is 16.3 Å². The third-order valence-electron chi connectivity index (χ3n) is 4.63. The van der Waals surface area contributed by atoms with E-state index in [1.54, 1.807) is 6.20 Å². The number of aromatic nitrogens is 3. The summed E-state index contributed by atoms with van der Waals surface area (Å²) in [6.45, 7) is 2.66. The van der Waals surface area contributed by atoms with Crippen LogP contribution in [-0.2, 0) is 6.54 Å². The van der Waals surface area contributed by atoms with Crippen LogP contribution in [0.1, 0.15) is 18.4 Å². The molecule has 0 bridgehead atoms. The third-order valence-corrected chi connectivity index (χ3v) is 4.94. The predicted octanol–water partition coefficient (Wildman–Crippen LogP) is 4.03. The first kappa shape index (κ1) is 16.9. The zero-order valence-electron chi connectivity index (χ0n) is 14.5. The summed E-state index contributed by atoms with van der Waals surface area (Å²) in [4.78, 5) is 11.0. The van der Waals surface area contributed by atoms with Gasteiger partial charge in [0.1, 0.15) is 17.7 Å². The lowest BCUT2D eigenvalue weighted by molar-refractivity contribution is 0.171. The van der Waals surface area contributed by atoms with Gasteiger partial charge < -0.3 is 14.2 Å². The lowest BCUT2D eigenvalue weighted by atomic mass is 10.1. The molecule has 0 saturated carbocycles. The molecule has 2 aromatic heterocycles. The van der Waals surface area contributed by atoms with Crippen LogP contribution in [0.15, 0.2) is 61.3 Å². The monoisotopic (exact) mass is 368 g/mol. The van der Waals surface area contributed by atoms with Crippen LogP contribution in [0, 0.1) is 0 Å². The summed E-state index contributed by atoms with van der Waals surface area (Å²) < 4.78 is 8.10. The van der Waals surface area contributed by atoms with Crippen LogP contribution < -0.4 is 9.64 Å². The van der Waals surface area contributed by atoms with Gasteiger partial charge in [-0.05, 0) is 23.8 Å². The van der Waals surface area contributed by atoms with E-state index in [0.717, 1.165) is 44.0 Å². The number of rotatable bonds is 5. The quantitative estimate of drug-likeness (QED) is 0.682. The van der Waals surface area contributed by atoms with Gasteiger partial charge in [-0.3, -0.25) is 0 Å². The van der Waals surface area contributed by atoms with Crippen LogP contribution in [0.3, 0.4) is 0 Å². The van der Waals surface area contributed by atoms with Gasteiger partial charge in [0, 0.05) is 51.1 Å². The Balaban J connectivity index is 1.32. The van der Waals surface area contributed by atoms with E-state index >= 15 is 0 Å². The molecule has 4 rings (SSSR count). The van der Waals surface area contributed by atoms with E-state index in [9.17, 15) is 0 Å². The molecular formula is C20H21ClN4O. The molecule has 1 aromatic carbocycles. The Morgan fingerprint density at radius 3 is 2.65 bits per heavy atom. The fourth-order valence-corrected chi connectivity index (χ4v) is 3.39. The van der Waals surface area contributed by atoms with Crippen molar-refractivity contribution in [3.05, 3.63) is 71.9 Å². The van der Waals surface area contributed by atoms with E-state index in [0.29, 0.717) is 5.02 Å². The summed E-state index contributed by atoms with van der Waals surface area (Å²) in [5.41, 5.74) is 1.17. The molecule has 0 unspecified atom stereocenters. The summed E-state index contributed by atoms with van der Waals surface area (Å²) >= 11 is 6.18. The normalized spacial score (nSPS) is 15.2. The van der Waals surface area contributed by atoms with Gasteiger partial charge in [-0.25, -0.2) is 9.97 Å². The topological polar surface area (TPSA) is 43.2 Å². The van der Waals surface area contributed by atoms with Gasteiger partial charge in [0.2, 0.25) is 0 Å². The van der Waals surface area contributed by atoms with Crippen molar-refractivity contribution in [3.8, 4) is 5.75 Å². The van der Waals surface area contributed by atoms with Gasteiger partial charge in [0.05, 0.1) is 11.3 Å². The minimum absolute atomic E-state index is 0.201. The van der Waals surface area contributed by atoms with Crippen LogP contribution in [0.5, 0.6) is 5.75 Å². The maximum absolute atomic E-state index is 6.18. The minimum Gasteiger partial charge on any atom is -0.489 e. The fourth-order valence-electron chi connectivity index (χ4n) is 3.21. The van der Waals surface area contributed by atoms with Crippen molar-refractivity contribution in [1.82, 2.24) is 14.5 Å². The van der Waals surface area contributed by atoms with Gasteiger partial charge in [-0.2, -0.15) is 0 Å². The molecule has 1 aliphatic rings.